The van der Waals surface area contributed by atoms with Gasteiger partial charge in [0, 0.05) is 0 Å². The van der Waals surface area contributed by atoms with Crippen LogP contribution in [0.25, 0.3) is 0 Å². The van der Waals surface area contributed by atoms with Gasteiger partial charge in [0.2, 0.25) is 11.8 Å². The molecule has 0 atom stereocenters. The summed E-state index contributed by atoms with van der Waals surface area (Å²) in [5.74, 6) is -1.30. The number of barbiturate groups is 1. The molecule has 0 aromatic carbocycles. The predicted octanol–water partition coefficient (Wildman–Crippen LogP) is -0.0776. The Bertz CT molecular complexity index is 319. The molecule has 0 saturated carbocycles. The van der Waals surface area contributed by atoms with Crippen molar-refractivity contribution in [1.29, 1.82) is 0 Å². The van der Waals surface area contributed by atoms with Crippen LogP contribution in [0.2, 0.25) is 0 Å². The van der Waals surface area contributed by atoms with E-state index in [1.807, 2.05) is 0 Å². The van der Waals surface area contributed by atoms with Crippen LogP contribution in [0.5, 0.6) is 0 Å². The molecule has 6 heteroatoms. The van der Waals surface area contributed by atoms with Gasteiger partial charge in [-0.1, -0.05) is 19.9 Å². The summed E-state index contributed by atoms with van der Waals surface area (Å²) < 4.78 is 0. The van der Waals surface area contributed by atoms with Crippen molar-refractivity contribution < 1.29 is 14.4 Å². The fourth-order valence-corrected chi connectivity index (χ4v) is 1.74. The van der Waals surface area contributed by atoms with E-state index in [9.17, 15) is 14.4 Å². The van der Waals surface area contributed by atoms with Gasteiger partial charge in [-0.15, -0.1) is 6.58 Å². The summed E-state index contributed by atoms with van der Waals surface area (Å²) in [6.07, 6.45) is 1.73. The van der Waals surface area contributed by atoms with Gasteiger partial charge in [0.05, 0.1) is 0 Å². The normalized spacial score (nSPS) is 18.6. The van der Waals surface area contributed by atoms with Gasteiger partial charge in [-0.25, -0.2) is 4.79 Å². The topological polar surface area (TPSA) is 75.3 Å². The first-order valence-corrected chi connectivity index (χ1v) is 4.73. The second kappa shape index (κ2) is 5.61. The maximum atomic E-state index is 11.7. The first kappa shape index (κ1) is 15.3. The zero-order valence-corrected chi connectivity index (χ0v) is 8.79. The van der Waals surface area contributed by atoms with E-state index in [-0.39, 0.29) is 41.9 Å². The molecule has 0 unspecified atom stereocenters. The summed E-state index contributed by atoms with van der Waals surface area (Å²) in [7, 11) is 0. The molecule has 1 aliphatic heterocycles. The third kappa shape index (κ3) is 2.36. The Morgan fingerprint density at radius 2 is 1.69 bits per heavy atom. The average molecular weight is 234 g/mol. The Labute approximate surface area is 116 Å². The third-order valence-corrected chi connectivity index (χ3v) is 2.72. The van der Waals surface area contributed by atoms with Gasteiger partial charge in [0.1, 0.15) is 5.41 Å². The number of rotatable bonds is 3. The van der Waals surface area contributed by atoms with Gasteiger partial charge in [-0.05, 0) is 12.3 Å². The van der Waals surface area contributed by atoms with Crippen LogP contribution in [0.15, 0.2) is 12.7 Å². The number of carbonyl (C=O) groups is 3. The van der Waals surface area contributed by atoms with Crippen LogP contribution in [-0.4, -0.2) is 47.4 Å². The van der Waals surface area contributed by atoms with Crippen molar-refractivity contribution in [3.8, 4) is 0 Å². The number of nitrogens with one attached hydrogen (secondary N) is 2. The molecule has 0 aromatic rings. The fourth-order valence-electron chi connectivity index (χ4n) is 1.74. The maximum absolute atomic E-state index is 11.7. The van der Waals surface area contributed by atoms with Crippen LogP contribution < -0.4 is 10.6 Å². The monoisotopic (exact) mass is 234 g/mol. The Kier molecular flexibility index (Phi) is 5.38. The Hall–Kier alpha value is -0.650. The number of imide groups is 2. The first-order chi connectivity index (χ1) is 6.95. The second-order valence-corrected chi connectivity index (χ2v) is 3.86. The third-order valence-electron chi connectivity index (χ3n) is 2.72. The molecular formula is C10H15N2NaO3. The number of amides is 4. The molecule has 1 heterocycles. The van der Waals surface area contributed by atoms with E-state index in [0.717, 1.165) is 0 Å². The van der Waals surface area contributed by atoms with E-state index in [4.69, 9.17) is 0 Å². The number of allylic oxidation sites excluding steroid dienone is 1. The number of hydrogen-bond donors (Lipinski definition) is 2. The molecule has 2 N–H and O–H groups in total. The number of carbonyl (C=O) groups excluding carboxylic acids is 3. The molecular weight excluding hydrogens is 219 g/mol. The van der Waals surface area contributed by atoms with E-state index in [1.165, 1.54) is 6.08 Å². The molecule has 1 aliphatic rings. The molecule has 5 nitrogen and oxygen atoms in total. The van der Waals surface area contributed by atoms with Gasteiger partial charge >= 0.3 is 35.6 Å². The zero-order chi connectivity index (χ0) is 11.6. The van der Waals surface area contributed by atoms with Crippen LogP contribution >= 0.6 is 0 Å². The van der Waals surface area contributed by atoms with E-state index in [1.54, 1.807) is 13.8 Å². The van der Waals surface area contributed by atoms with Crippen molar-refractivity contribution in [3.63, 3.8) is 0 Å². The van der Waals surface area contributed by atoms with E-state index in [0.29, 0.717) is 0 Å². The quantitative estimate of drug-likeness (QED) is 0.407. The number of urea groups is 1. The molecule has 0 aromatic heterocycles. The summed E-state index contributed by atoms with van der Waals surface area (Å²) >= 11 is 0. The summed E-state index contributed by atoms with van der Waals surface area (Å²) in [6.45, 7) is 7.05. The van der Waals surface area contributed by atoms with Crippen molar-refractivity contribution >= 4 is 47.4 Å². The molecule has 0 radical (unpaired) electrons. The molecule has 1 rings (SSSR count). The standard InChI is InChI=1S/C10H14N2O3.Na.H/c1-4-5-10(6(2)3)7(13)11-9(15)12-8(10)14;;/h4,6H,1,5H2,2-3H3,(H2,11,12,13,14,15);;. The predicted molar refractivity (Wildman–Crippen MR) is 60.9 cm³/mol. The Morgan fingerprint density at radius 1 is 1.25 bits per heavy atom. The average Bonchev–Trinajstić information content (AvgIpc) is 2.10. The minimum atomic E-state index is -1.21. The van der Waals surface area contributed by atoms with Crippen molar-refractivity contribution in [2.45, 2.75) is 20.3 Å². The summed E-state index contributed by atoms with van der Waals surface area (Å²) in [5, 5.41) is 4.22. The molecule has 4 amide bonds. The van der Waals surface area contributed by atoms with E-state index in [2.05, 4.69) is 17.2 Å². The summed E-state index contributed by atoms with van der Waals surface area (Å²) in [6, 6.07) is -0.759. The zero-order valence-electron chi connectivity index (χ0n) is 8.79. The number of hydrogen-bond acceptors (Lipinski definition) is 3. The van der Waals surface area contributed by atoms with Crippen LogP contribution in [0.1, 0.15) is 20.3 Å². The SMILES string of the molecule is C=CCC1(C(C)C)C(=O)NC(=O)NC1=O.[NaH]. The van der Waals surface area contributed by atoms with E-state index < -0.39 is 23.3 Å². The van der Waals surface area contributed by atoms with Crippen LogP contribution in [0, 0.1) is 11.3 Å². The van der Waals surface area contributed by atoms with Gasteiger partial charge in [-0.3, -0.25) is 20.2 Å². The van der Waals surface area contributed by atoms with Crippen molar-refractivity contribution in [2.75, 3.05) is 0 Å². The Morgan fingerprint density at radius 3 is 2.00 bits per heavy atom. The molecule has 0 spiro atoms. The van der Waals surface area contributed by atoms with Gasteiger partial charge in [-0.2, -0.15) is 0 Å². The molecule has 1 fully saturated rings. The Balaban J connectivity index is 0.00000225. The van der Waals surface area contributed by atoms with Crippen molar-refractivity contribution in [1.82, 2.24) is 10.6 Å². The van der Waals surface area contributed by atoms with E-state index >= 15 is 0 Å². The molecule has 84 valence electrons. The van der Waals surface area contributed by atoms with Crippen LogP contribution in [0.3, 0.4) is 0 Å². The van der Waals surface area contributed by atoms with Crippen molar-refractivity contribution in [2.24, 2.45) is 11.3 Å². The van der Waals surface area contributed by atoms with Gasteiger partial charge in [0.15, 0.2) is 0 Å². The summed E-state index contributed by atoms with van der Waals surface area (Å²) in [5.41, 5.74) is -1.21. The summed E-state index contributed by atoms with van der Waals surface area (Å²) in [4.78, 5) is 34.4. The van der Waals surface area contributed by atoms with Crippen LogP contribution in [0.4, 0.5) is 4.79 Å². The molecule has 0 aliphatic carbocycles. The fraction of sp³-hybridized carbons (Fsp3) is 0.500. The molecule has 1 saturated heterocycles. The van der Waals surface area contributed by atoms with Gasteiger partial charge < -0.3 is 0 Å². The first-order valence-electron chi connectivity index (χ1n) is 4.73. The van der Waals surface area contributed by atoms with Crippen LogP contribution in [-0.2, 0) is 9.59 Å². The molecule has 0 bridgehead atoms. The second-order valence-electron chi connectivity index (χ2n) is 3.86. The van der Waals surface area contributed by atoms with Crippen molar-refractivity contribution in [3.05, 3.63) is 12.7 Å². The van der Waals surface area contributed by atoms with Gasteiger partial charge in [0.25, 0.3) is 0 Å². The molecule has 16 heavy (non-hydrogen) atoms. The minimum absolute atomic E-state index is 0.